The molecule has 1 heterocycles. The Morgan fingerprint density at radius 2 is 2.25 bits per heavy atom. The van der Waals surface area contributed by atoms with Crippen molar-refractivity contribution >= 4 is 33.2 Å². The van der Waals surface area contributed by atoms with Crippen LogP contribution in [0.4, 0.5) is 11.4 Å². The van der Waals surface area contributed by atoms with Crippen LogP contribution in [-0.2, 0) is 10.0 Å². The third kappa shape index (κ3) is 3.21. The molecule has 20 heavy (non-hydrogen) atoms. The molecule has 0 aliphatic carbocycles. The molecule has 3 N–H and O–H groups in total. The normalized spacial score (nSPS) is 20.1. The topological polar surface area (TPSA) is 75.4 Å². The van der Waals surface area contributed by atoms with Crippen LogP contribution in [-0.4, -0.2) is 39.6 Å². The maximum Gasteiger partial charge on any atom is 0.240 e. The Hall–Kier alpha value is -0.920. The Morgan fingerprint density at radius 1 is 1.50 bits per heavy atom. The zero-order valence-electron chi connectivity index (χ0n) is 11.8. The predicted octanol–water partition coefficient (Wildman–Crippen LogP) is 1.51. The van der Waals surface area contributed by atoms with Crippen LogP contribution in [0, 0.1) is 0 Å². The quantitative estimate of drug-likeness (QED) is 0.824. The van der Waals surface area contributed by atoms with Crippen molar-refractivity contribution in [2.75, 3.05) is 36.5 Å². The van der Waals surface area contributed by atoms with E-state index in [4.69, 9.17) is 5.73 Å². The van der Waals surface area contributed by atoms with Gasteiger partial charge in [-0.25, -0.2) is 13.1 Å². The molecule has 0 amide bonds. The number of nitrogens with zero attached hydrogens (tertiary/aromatic N) is 1. The molecule has 112 valence electrons. The van der Waals surface area contributed by atoms with Gasteiger partial charge in [0.2, 0.25) is 10.0 Å². The van der Waals surface area contributed by atoms with Gasteiger partial charge in [-0.15, -0.1) is 0 Å². The molecule has 2 rings (SSSR count). The van der Waals surface area contributed by atoms with E-state index in [0.29, 0.717) is 10.9 Å². The minimum Gasteiger partial charge on any atom is -0.397 e. The molecule has 1 aliphatic heterocycles. The van der Waals surface area contributed by atoms with Gasteiger partial charge in [0.25, 0.3) is 0 Å². The summed E-state index contributed by atoms with van der Waals surface area (Å²) in [5.74, 6) is 1.04. The smallest absolute Gasteiger partial charge is 0.240 e. The van der Waals surface area contributed by atoms with Crippen molar-refractivity contribution in [2.45, 2.75) is 23.5 Å². The molecule has 1 saturated heterocycles. The molecule has 0 spiro atoms. The van der Waals surface area contributed by atoms with E-state index in [-0.39, 0.29) is 4.90 Å². The lowest BCUT2D eigenvalue weighted by atomic mass is 10.2. The summed E-state index contributed by atoms with van der Waals surface area (Å²) < 4.78 is 26.1. The first-order chi connectivity index (χ1) is 9.47. The van der Waals surface area contributed by atoms with Gasteiger partial charge in [0.05, 0.1) is 16.3 Å². The fourth-order valence-corrected chi connectivity index (χ4v) is 4.20. The number of benzene rings is 1. The molecule has 5 nitrogen and oxygen atoms in total. The second-order valence-electron chi connectivity index (χ2n) is 4.78. The minimum atomic E-state index is -3.43. The largest absolute Gasteiger partial charge is 0.397 e. The van der Waals surface area contributed by atoms with Crippen LogP contribution in [0.15, 0.2) is 23.1 Å². The third-order valence-electron chi connectivity index (χ3n) is 3.52. The average Bonchev–Trinajstić information content (AvgIpc) is 2.47. The molecule has 1 aromatic rings. The summed E-state index contributed by atoms with van der Waals surface area (Å²) in [6.07, 6.45) is 1.11. The summed E-state index contributed by atoms with van der Waals surface area (Å²) in [5.41, 5.74) is 7.47. The van der Waals surface area contributed by atoms with Gasteiger partial charge in [-0.1, -0.05) is 6.92 Å². The molecule has 1 aliphatic rings. The summed E-state index contributed by atoms with van der Waals surface area (Å²) in [6, 6.07) is 4.88. The fourth-order valence-electron chi connectivity index (χ4n) is 2.27. The highest BCUT2D eigenvalue weighted by Crippen LogP contribution is 2.31. The van der Waals surface area contributed by atoms with E-state index in [2.05, 4.69) is 16.5 Å². The van der Waals surface area contributed by atoms with Crippen molar-refractivity contribution in [3.63, 3.8) is 0 Å². The van der Waals surface area contributed by atoms with Crippen LogP contribution in [0.2, 0.25) is 0 Å². The van der Waals surface area contributed by atoms with Crippen molar-refractivity contribution in [2.24, 2.45) is 0 Å². The Bertz CT molecular complexity index is 575. The van der Waals surface area contributed by atoms with Gasteiger partial charge in [0.15, 0.2) is 0 Å². The fraction of sp³-hybridized carbons (Fsp3) is 0.538. The van der Waals surface area contributed by atoms with E-state index in [0.717, 1.165) is 31.0 Å². The zero-order chi connectivity index (χ0) is 14.8. The molecule has 7 heteroatoms. The summed E-state index contributed by atoms with van der Waals surface area (Å²) in [7, 11) is -2.02. The molecule has 1 fully saturated rings. The number of anilines is 2. The number of thioether (sulfide) groups is 1. The number of nitrogens with two attached hydrogens (primary N) is 1. The van der Waals surface area contributed by atoms with Gasteiger partial charge in [-0.05, 0) is 31.7 Å². The monoisotopic (exact) mass is 315 g/mol. The predicted molar refractivity (Wildman–Crippen MR) is 85.8 cm³/mol. The van der Waals surface area contributed by atoms with Crippen LogP contribution in [0.5, 0.6) is 0 Å². The minimum absolute atomic E-state index is 0.260. The number of rotatable bonds is 4. The lowest BCUT2D eigenvalue weighted by Crippen LogP contribution is -2.38. The van der Waals surface area contributed by atoms with Crippen molar-refractivity contribution < 1.29 is 8.42 Å². The molecule has 0 saturated carbocycles. The van der Waals surface area contributed by atoms with E-state index < -0.39 is 10.0 Å². The van der Waals surface area contributed by atoms with Crippen molar-refractivity contribution in [1.82, 2.24) is 4.72 Å². The van der Waals surface area contributed by atoms with E-state index in [1.165, 1.54) is 7.05 Å². The van der Waals surface area contributed by atoms with Crippen LogP contribution < -0.4 is 15.4 Å². The van der Waals surface area contributed by atoms with Crippen molar-refractivity contribution in [3.8, 4) is 0 Å². The second-order valence-corrected chi connectivity index (χ2v) is 8.07. The molecule has 0 aromatic heterocycles. The molecule has 1 atom stereocenters. The first-order valence-corrected chi connectivity index (χ1v) is 9.20. The Balaban J connectivity index is 2.34. The number of nitrogen functional groups attached to an aromatic ring is 1. The van der Waals surface area contributed by atoms with Crippen LogP contribution in [0.25, 0.3) is 0 Å². The lowest BCUT2D eigenvalue weighted by molar-refractivity contribution is 0.588. The third-order valence-corrected chi connectivity index (χ3v) is 6.30. The van der Waals surface area contributed by atoms with Gasteiger partial charge in [0.1, 0.15) is 0 Å². The lowest BCUT2D eigenvalue weighted by Gasteiger charge is -2.34. The summed E-state index contributed by atoms with van der Waals surface area (Å²) in [6.45, 7) is 3.98. The van der Waals surface area contributed by atoms with E-state index >= 15 is 0 Å². The number of hydrogen-bond donors (Lipinski definition) is 2. The van der Waals surface area contributed by atoms with Gasteiger partial charge < -0.3 is 10.6 Å². The van der Waals surface area contributed by atoms with Gasteiger partial charge in [0, 0.05) is 24.1 Å². The van der Waals surface area contributed by atoms with Crippen LogP contribution >= 0.6 is 11.8 Å². The Morgan fingerprint density at radius 3 is 2.90 bits per heavy atom. The van der Waals surface area contributed by atoms with Crippen molar-refractivity contribution in [1.29, 1.82) is 0 Å². The highest BCUT2D eigenvalue weighted by Gasteiger charge is 2.22. The average molecular weight is 315 g/mol. The SMILES string of the molecule is CCC1CN(c2cc(S(=O)(=O)NC)ccc2N)CCS1. The maximum absolute atomic E-state index is 11.9. The van der Waals surface area contributed by atoms with Crippen LogP contribution in [0.3, 0.4) is 0 Å². The molecule has 1 aromatic carbocycles. The second kappa shape index (κ2) is 6.24. The summed E-state index contributed by atoms with van der Waals surface area (Å²) in [5, 5.41) is 0.577. The standard InChI is InChI=1S/C13H21N3O2S2/c1-3-10-9-16(6-7-19-10)13-8-11(4-5-12(13)14)20(17,18)15-2/h4-5,8,10,15H,3,6-7,9,14H2,1-2H3. The number of nitrogens with one attached hydrogen (secondary N) is 1. The van der Waals surface area contributed by atoms with Crippen molar-refractivity contribution in [3.05, 3.63) is 18.2 Å². The molecule has 0 radical (unpaired) electrons. The molecule has 1 unspecified atom stereocenters. The number of hydrogen-bond acceptors (Lipinski definition) is 5. The van der Waals surface area contributed by atoms with E-state index in [1.54, 1.807) is 18.2 Å². The Labute approximate surface area is 125 Å². The van der Waals surface area contributed by atoms with E-state index in [1.807, 2.05) is 11.8 Å². The highest BCUT2D eigenvalue weighted by molar-refractivity contribution is 8.00. The molecular weight excluding hydrogens is 294 g/mol. The molecular formula is C13H21N3O2S2. The first kappa shape index (κ1) is 15.5. The maximum atomic E-state index is 11.9. The summed E-state index contributed by atoms with van der Waals surface area (Å²) in [4.78, 5) is 2.45. The van der Waals surface area contributed by atoms with Gasteiger partial charge in [-0.2, -0.15) is 11.8 Å². The van der Waals surface area contributed by atoms with Gasteiger partial charge >= 0.3 is 0 Å². The number of sulfonamides is 1. The highest BCUT2D eigenvalue weighted by atomic mass is 32.2. The van der Waals surface area contributed by atoms with E-state index in [9.17, 15) is 8.42 Å². The molecule has 0 bridgehead atoms. The van der Waals surface area contributed by atoms with Gasteiger partial charge in [-0.3, -0.25) is 0 Å². The van der Waals surface area contributed by atoms with Crippen LogP contribution in [0.1, 0.15) is 13.3 Å². The zero-order valence-corrected chi connectivity index (χ0v) is 13.4. The Kier molecular flexibility index (Phi) is 4.82. The first-order valence-electron chi connectivity index (χ1n) is 6.67. The summed E-state index contributed by atoms with van der Waals surface area (Å²) >= 11 is 1.97.